The minimum Gasteiger partial charge on any atom is -0.256 e. The summed E-state index contributed by atoms with van der Waals surface area (Å²) in [6, 6.07) is 2.60. The number of aromatic nitrogens is 1. The van der Waals surface area contributed by atoms with E-state index in [-0.39, 0.29) is 5.56 Å². The van der Waals surface area contributed by atoms with Gasteiger partial charge in [-0.15, -0.1) is 0 Å². The molecule has 1 aromatic rings. The first kappa shape index (κ1) is 13.7. The summed E-state index contributed by atoms with van der Waals surface area (Å²) in [7, 11) is 0. The van der Waals surface area contributed by atoms with E-state index in [1.54, 1.807) is 0 Å². The van der Waals surface area contributed by atoms with Crippen LogP contribution in [-0.2, 0) is 5.67 Å². The second kappa shape index (κ2) is 3.85. The maximum absolute atomic E-state index is 13.4. The van der Waals surface area contributed by atoms with Crippen LogP contribution in [0.2, 0.25) is 0 Å². The van der Waals surface area contributed by atoms with Crippen molar-refractivity contribution in [3.8, 4) is 0 Å². The van der Waals surface area contributed by atoms with Crippen LogP contribution in [0, 0.1) is 13.0 Å². The molecule has 0 aliphatic rings. The molecule has 0 aromatic carbocycles. The number of rotatable bonds is 1. The van der Waals surface area contributed by atoms with Gasteiger partial charge in [0.05, 0.1) is 5.69 Å². The highest BCUT2D eigenvalue weighted by molar-refractivity contribution is 5.23. The van der Waals surface area contributed by atoms with E-state index >= 15 is 0 Å². The molecule has 8 heteroatoms. The van der Waals surface area contributed by atoms with E-state index in [4.69, 9.17) is 0 Å². The Bertz CT molecular complexity index is 393. The molecule has 0 amide bonds. The van der Waals surface area contributed by atoms with Crippen molar-refractivity contribution in [2.75, 3.05) is 0 Å². The smallest absolute Gasteiger partial charge is 0.256 e. The maximum Gasteiger partial charge on any atom is 0.437 e. The Kier molecular flexibility index (Phi) is 3.11. The van der Waals surface area contributed by atoms with Crippen molar-refractivity contribution in [3.63, 3.8) is 0 Å². The molecule has 1 nitrogen and oxygen atoms in total. The molecule has 1 aromatic heterocycles. The Labute approximate surface area is 91.3 Å². The minimum atomic E-state index is -6.13. The summed E-state index contributed by atoms with van der Waals surface area (Å²) in [4.78, 5) is 2.77. The molecule has 17 heavy (non-hydrogen) atoms. The number of aryl methyl sites for hydroxylation is 1. The molecule has 1 radical (unpaired) electrons. The monoisotopic (exact) mass is 260 g/mol. The molecule has 0 bridgehead atoms. The summed E-state index contributed by atoms with van der Waals surface area (Å²) in [5, 5.41) is 0. The first-order valence-corrected chi connectivity index (χ1v) is 4.17. The van der Waals surface area contributed by atoms with E-state index in [1.165, 1.54) is 6.92 Å². The highest BCUT2D eigenvalue weighted by Gasteiger charge is 2.74. The lowest BCUT2D eigenvalue weighted by atomic mass is 9.98. The second-order valence-corrected chi connectivity index (χ2v) is 3.27. The first-order chi connectivity index (χ1) is 7.50. The first-order valence-electron chi connectivity index (χ1n) is 4.17. The van der Waals surface area contributed by atoms with Crippen LogP contribution < -0.4 is 0 Å². The fourth-order valence-corrected chi connectivity index (χ4v) is 1.13. The third-order valence-corrected chi connectivity index (χ3v) is 1.98. The van der Waals surface area contributed by atoms with Crippen LogP contribution in [0.4, 0.5) is 30.7 Å². The van der Waals surface area contributed by atoms with Gasteiger partial charge in [-0.3, -0.25) is 4.98 Å². The Hall–Kier alpha value is -1.34. The molecule has 1 rings (SSSR count). The summed E-state index contributed by atoms with van der Waals surface area (Å²) in [6.07, 6.45) is -11.7. The molecular weight excluding hydrogens is 255 g/mol. The lowest BCUT2D eigenvalue weighted by molar-refractivity contribution is -0.350. The van der Waals surface area contributed by atoms with E-state index in [9.17, 15) is 30.7 Å². The molecule has 0 fully saturated rings. The van der Waals surface area contributed by atoms with Crippen LogP contribution in [0.25, 0.3) is 0 Å². The van der Waals surface area contributed by atoms with E-state index < -0.39 is 23.7 Å². The highest BCUT2D eigenvalue weighted by Crippen LogP contribution is 2.52. The third kappa shape index (κ3) is 2.20. The summed E-state index contributed by atoms with van der Waals surface area (Å²) in [6.45, 7) is 1.18. The number of nitrogens with zero attached hydrogens (tertiary/aromatic N) is 1. The van der Waals surface area contributed by atoms with Gasteiger partial charge in [0.2, 0.25) is 0 Å². The predicted octanol–water partition coefficient (Wildman–Crippen LogP) is 3.48. The van der Waals surface area contributed by atoms with Crippen molar-refractivity contribution in [1.29, 1.82) is 0 Å². The van der Waals surface area contributed by atoms with Crippen molar-refractivity contribution in [2.24, 2.45) is 0 Å². The Morgan fingerprint density at radius 2 is 1.47 bits per heavy atom. The number of alkyl halides is 7. The normalized spacial score (nSPS) is 13.9. The van der Waals surface area contributed by atoms with Crippen molar-refractivity contribution in [1.82, 2.24) is 4.98 Å². The van der Waals surface area contributed by atoms with E-state index in [2.05, 4.69) is 11.1 Å². The molecule has 0 N–H and O–H groups in total. The van der Waals surface area contributed by atoms with Gasteiger partial charge < -0.3 is 0 Å². The van der Waals surface area contributed by atoms with Gasteiger partial charge >= 0.3 is 18.0 Å². The lowest BCUT2D eigenvalue weighted by Crippen LogP contribution is -2.50. The average molecular weight is 260 g/mol. The van der Waals surface area contributed by atoms with Gasteiger partial charge in [-0.25, -0.2) is 4.39 Å². The molecule has 1 heterocycles. The van der Waals surface area contributed by atoms with Crippen LogP contribution in [-0.4, -0.2) is 17.3 Å². The molecule has 0 saturated carbocycles. The largest absolute Gasteiger partial charge is 0.437 e. The third-order valence-electron chi connectivity index (χ3n) is 1.98. The fraction of sp³-hybridized carbons (Fsp3) is 0.444. The standard InChI is InChI=1S/C9H5F7N/c1-5-2-3-17-6(4-5)7(10,8(11,12)13)9(14,15)16/h3-4H,1H3. The number of hydrogen-bond acceptors (Lipinski definition) is 1. The Morgan fingerprint density at radius 1 is 1.00 bits per heavy atom. The van der Waals surface area contributed by atoms with Gasteiger partial charge in [0.15, 0.2) is 0 Å². The zero-order valence-electron chi connectivity index (χ0n) is 8.25. The van der Waals surface area contributed by atoms with E-state index in [0.29, 0.717) is 12.3 Å². The minimum absolute atomic E-state index is 0.0782. The molecule has 0 saturated heterocycles. The summed E-state index contributed by atoms with van der Waals surface area (Å²) in [5.74, 6) is 0. The van der Waals surface area contributed by atoms with Crippen LogP contribution in [0.3, 0.4) is 0 Å². The quantitative estimate of drug-likeness (QED) is 0.704. The molecule has 0 aliphatic carbocycles. The van der Waals surface area contributed by atoms with Crippen LogP contribution >= 0.6 is 0 Å². The average Bonchev–Trinajstić information content (AvgIpc) is 2.12. The molecule has 0 atom stereocenters. The molecule has 95 valence electrons. The van der Waals surface area contributed by atoms with Crippen LogP contribution in [0.5, 0.6) is 0 Å². The SMILES string of the molecule is Cc1[c]cnc(C(F)(C(F)(F)F)C(F)(F)F)c1. The molecule has 0 aliphatic heterocycles. The predicted molar refractivity (Wildman–Crippen MR) is 42.7 cm³/mol. The topological polar surface area (TPSA) is 12.9 Å². The Morgan fingerprint density at radius 3 is 1.82 bits per heavy atom. The molecule has 0 unspecified atom stereocenters. The van der Waals surface area contributed by atoms with Crippen molar-refractivity contribution in [2.45, 2.75) is 24.9 Å². The number of halogens is 7. The van der Waals surface area contributed by atoms with Gasteiger partial charge in [-0.2, -0.15) is 26.3 Å². The number of hydrogen-bond donors (Lipinski definition) is 0. The lowest BCUT2D eigenvalue weighted by Gasteiger charge is -2.29. The van der Waals surface area contributed by atoms with E-state index in [1.807, 2.05) is 0 Å². The summed E-state index contributed by atoms with van der Waals surface area (Å²) >= 11 is 0. The van der Waals surface area contributed by atoms with Crippen molar-refractivity contribution in [3.05, 3.63) is 29.6 Å². The summed E-state index contributed by atoms with van der Waals surface area (Å²) in [5.41, 5.74) is -7.29. The van der Waals surface area contributed by atoms with E-state index in [0.717, 1.165) is 0 Å². The van der Waals surface area contributed by atoms with Gasteiger partial charge in [0.25, 0.3) is 0 Å². The fourth-order valence-electron chi connectivity index (χ4n) is 1.13. The van der Waals surface area contributed by atoms with Crippen LogP contribution in [0.15, 0.2) is 12.3 Å². The van der Waals surface area contributed by atoms with Gasteiger partial charge in [0.1, 0.15) is 0 Å². The maximum atomic E-state index is 13.4. The molecule has 0 spiro atoms. The Balaban J connectivity index is 3.46. The summed E-state index contributed by atoms with van der Waals surface area (Å²) < 4.78 is 87.0. The zero-order valence-corrected chi connectivity index (χ0v) is 8.25. The van der Waals surface area contributed by atoms with Gasteiger partial charge in [-0.1, -0.05) is 0 Å². The van der Waals surface area contributed by atoms with Crippen LogP contribution in [0.1, 0.15) is 11.3 Å². The zero-order chi connectivity index (χ0) is 13.5. The van der Waals surface area contributed by atoms with Gasteiger partial charge in [0, 0.05) is 12.3 Å². The second-order valence-electron chi connectivity index (χ2n) is 3.27. The molecular formula is C9H5F7N. The number of pyridine rings is 1. The van der Waals surface area contributed by atoms with Crippen molar-refractivity contribution >= 4 is 0 Å². The van der Waals surface area contributed by atoms with Gasteiger partial charge in [-0.05, 0) is 18.6 Å². The van der Waals surface area contributed by atoms with Crippen molar-refractivity contribution < 1.29 is 30.7 Å². The highest BCUT2D eigenvalue weighted by atomic mass is 19.4.